The highest BCUT2D eigenvalue weighted by atomic mass is 19.1. The van der Waals surface area contributed by atoms with E-state index in [2.05, 4.69) is 30.4 Å². The van der Waals surface area contributed by atoms with Crippen LogP contribution >= 0.6 is 0 Å². The van der Waals surface area contributed by atoms with Crippen molar-refractivity contribution in [2.24, 2.45) is 0 Å². The van der Waals surface area contributed by atoms with Crippen molar-refractivity contribution >= 4 is 5.69 Å². The molecular weight excluding hydrogens is 225 g/mol. The summed E-state index contributed by atoms with van der Waals surface area (Å²) in [5.74, 6) is -0.169. The van der Waals surface area contributed by atoms with E-state index in [-0.39, 0.29) is 5.82 Å². The Bertz CT molecular complexity index is 560. The van der Waals surface area contributed by atoms with Crippen molar-refractivity contribution in [3.05, 3.63) is 65.0 Å². The van der Waals surface area contributed by atoms with Gasteiger partial charge in [-0.3, -0.25) is 0 Å². The smallest absolute Gasteiger partial charge is 0.123 e. The van der Waals surface area contributed by atoms with Crippen molar-refractivity contribution in [2.75, 3.05) is 5.32 Å². The molecule has 2 aromatic rings. The quantitative estimate of drug-likeness (QED) is 0.845. The standard InChI is InChI=1S/C16H16FN/c1-11-3-2-4-13-10-15(18-16(11)13)9-12-5-7-14(17)8-6-12/h2-8,15,18H,9-10H2,1H3/t15-/m0/s1. The van der Waals surface area contributed by atoms with Gasteiger partial charge in [-0.05, 0) is 48.6 Å². The Morgan fingerprint density at radius 3 is 2.67 bits per heavy atom. The number of aryl methyl sites for hydroxylation is 1. The molecule has 92 valence electrons. The van der Waals surface area contributed by atoms with Crippen LogP contribution in [0.2, 0.25) is 0 Å². The Kier molecular flexibility index (Phi) is 2.78. The van der Waals surface area contributed by atoms with E-state index in [9.17, 15) is 4.39 Å². The lowest BCUT2D eigenvalue weighted by molar-refractivity contribution is 0.626. The largest absolute Gasteiger partial charge is 0.381 e. The van der Waals surface area contributed by atoms with Crippen LogP contribution in [-0.4, -0.2) is 6.04 Å². The highest BCUT2D eigenvalue weighted by molar-refractivity contribution is 5.62. The normalized spacial score (nSPS) is 17.3. The summed E-state index contributed by atoms with van der Waals surface area (Å²) in [6, 6.07) is 13.6. The number of rotatable bonds is 2. The number of benzene rings is 2. The van der Waals surface area contributed by atoms with Gasteiger partial charge in [-0.25, -0.2) is 4.39 Å². The van der Waals surface area contributed by atoms with Crippen LogP contribution in [0.15, 0.2) is 42.5 Å². The molecule has 0 saturated carbocycles. The summed E-state index contributed by atoms with van der Waals surface area (Å²) in [7, 11) is 0. The fourth-order valence-corrected chi connectivity index (χ4v) is 2.65. The van der Waals surface area contributed by atoms with E-state index in [1.54, 1.807) is 0 Å². The summed E-state index contributed by atoms with van der Waals surface area (Å²) in [6.07, 6.45) is 1.99. The molecule has 2 aromatic carbocycles. The van der Waals surface area contributed by atoms with Crippen LogP contribution < -0.4 is 5.32 Å². The van der Waals surface area contributed by atoms with E-state index in [1.807, 2.05) is 12.1 Å². The van der Waals surface area contributed by atoms with Gasteiger partial charge < -0.3 is 5.32 Å². The molecule has 0 aliphatic carbocycles. The van der Waals surface area contributed by atoms with E-state index < -0.39 is 0 Å². The van der Waals surface area contributed by atoms with Gasteiger partial charge in [0.15, 0.2) is 0 Å². The summed E-state index contributed by atoms with van der Waals surface area (Å²) < 4.78 is 12.9. The van der Waals surface area contributed by atoms with Crippen LogP contribution in [0, 0.1) is 12.7 Å². The van der Waals surface area contributed by atoms with Gasteiger partial charge in [-0.2, -0.15) is 0 Å². The maximum Gasteiger partial charge on any atom is 0.123 e. The predicted octanol–water partition coefficient (Wildman–Crippen LogP) is 3.71. The molecule has 0 radical (unpaired) electrons. The van der Waals surface area contributed by atoms with E-state index >= 15 is 0 Å². The molecule has 1 atom stereocenters. The first-order valence-electron chi connectivity index (χ1n) is 6.32. The van der Waals surface area contributed by atoms with E-state index in [4.69, 9.17) is 0 Å². The molecule has 0 amide bonds. The molecule has 0 spiro atoms. The van der Waals surface area contributed by atoms with Crippen LogP contribution in [0.1, 0.15) is 16.7 Å². The Morgan fingerprint density at radius 2 is 1.94 bits per heavy atom. The van der Waals surface area contributed by atoms with Gasteiger partial charge >= 0.3 is 0 Å². The molecule has 0 bridgehead atoms. The van der Waals surface area contributed by atoms with Gasteiger partial charge in [0.1, 0.15) is 5.82 Å². The second-order valence-corrected chi connectivity index (χ2v) is 4.99. The zero-order chi connectivity index (χ0) is 12.5. The van der Waals surface area contributed by atoms with Crippen molar-refractivity contribution in [2.45, 2.75) is 25.8 Å². The third kappa shape index (κ3) is 2.10. The topological polar surface area (TPSA) is 12.0 Å². The van der Waals surface area contributed by atoms with Crippen molar-refractivity contribution < 1.29 is 4.39 Å². The van der Waals surface area contributed by atoms with Crippen LogP contribution in [0.3, 0.4) is 0 Å². The third-order valence-electron chi connectivity index (χ3n) is 3.57. The van der Waals surface area contributed by atoms with E-state index in [0.29, 0.717) is 6.04 Å². The lowest BCUT2D eigenvalue weighted by atomic mass is 10.0. The maximum atomic E-state index is 12.9. The molecule has 0 fully saturated rings. The SMILES string of the molecule is Cc1cccc2c1N[C@@H](Cc1ccc(F)cc1)C2. The zero-order valence-corrected chi connectivity index (χ0v) is 10.4. The first kappa shape index (κ1) is 11.3. The molecule has 2 heteroatoms. The van der Waals surface area contributed by atoms with Crippen LogP contribution in [-0.2, 0) is 12.8 Å². The fraction of sp³-hybridized carbons (Fsp3) is 0.250. The Labute approximate surface area is 107 Å². The summed E-state index contributed by atoms with van der Waals surface area (Å²) in [4.78, 5) is 0. The highest BCUT2D eigenvalue weighted by Crippen LogP contribution is 2.30. The first-order chi connectivity index (χ1) is 8.72. The van der Waals surface area contributed by atoms with Gasteiger partial charge in [0.25, 0.3) is 0 Å². The molecule has 0 saturated heterocycles. The molecule has 1 aliphatic rings. The van der Waals surface area contributed by atoms with Crippen molar-refractivity contribution in [1.82, 2.24) is 0 Å². The fourth-order valence-electron chi connectivity index (χ4n) is 2.65. The minimum Gasteiger partial charge on any atom is -0.381 e. The summed E-state index contributed by atoms with van der Waals surface area (Å²) >= 11 is 0. The second kappa shape index (κ2) is 4.45. The number of para-hydroxylation sites is 1. The summed E-state index contributed by atoms with van der Waals surface area (Å²) in [5, 5.41) is 3.57. The Balaban J connectivity index is 1.75. The van der Waals surface area contributed by atoms with Crippen LogP contribution in [0.4, 0.5) is 10.1 Å². The van der Waals surface area contributed by atoms with Crippen LogP contribution in [0.5, 0.6) is 0 Å². The van der Waals surface area contributed by atoms with Gasteiger partial charge in [-0.15, -0.1) is 0 Å². The second-order valence-electron chi connectivity index (χ2n) is 4.99. The molecule has 0 unspecified atom stereocenters. The molecule has 0 aromatic heterocycles. The zero-order valence-electron chi connectivity index (χ0n) is 10.4. The number of anilines is 1. The van der Waals surface area contributed by atoms with Crippen molar-refractivity contribution in [1.29, 1.82) is 0 Å². The minimum absolute atomic E-state index is 0.169. The monoisotopic (exact) mass is 241 g/mol. The highest BCUT2D eigenvalue weighted by Gasteiger charge is 2.21. The molecule has 1 aliphatic heterocycles. The Morgan fingerprint density at radius 1 is 1.17 bits per heavy atom. The van der Waals surface area contributed by atoms with Gasteiger partial charge in [0, 0.05) is 11.7 Å². The molecule has 3 rings (SSSR count). The minimum atomic E-state index is -0.169. The third-order valence-corrected chi connectivity index (χ3v) is 3.57. The van der Waals surface area contributed by atoms with Gasteiger partial charge in [0.2, 0.25) is 0 Å². The molecule has 1 heterocycles. The van der Waals surface area contributed by atoms with Crippen LogP contribution in [0.25, 0.3) is 0 Å². The summed E-state index contributed by atoms with van der Waals surface area (Å²) in [5.41, 5.74) is 5.15. The molecule has 18 heavy (non-hydrogen) atoms. The van der Waals surface area contributed by atoms with Gasteiger partial charge in [0.05, 0.1) is 0 Å². The first-order valence-corrected chi connectivity index (χ1v) is 6.32. The Hall–Kier alpha value is -1.83. The molecular formula is C16H16FN. The maximum absolute atomic E-state index is 12.9. The number of halogens is 1. The number of nitrogens with one attached hydrogen (secondary N) is 1. The molecule has 1 nitrogen and oxygen atoms in total. The average molecular weight is 241 g/mol. The van der Waals surface area contributed by atoms with Crippen molar-refractivity contribution in [3.8, 4) is 0 Å². The van der Waals surface area contributed by atoms with E-state index in [0.717, 1.165) is 12.8 Å². The molecule has 1 N–H and O–H groups in total. The number of fused-ring (bicyclic) bond motifs is 1. The average Bonchev–Trinajstić information content (AvgIpc) is 2.76. The van der Waals surface area contributed by atoms with Crippen molar-refractivity contribution in [3.63, 3.8) is 0 Å². The number of hydrogen-bond donors (Lipinski definition) is 1. The predicted molar refractivity (Wildman–Crippen MR) is 72.4 cm³/mol. The lowest BCUT2D eigenvalue weighted by Gasteiger charge is -2.12. The van der Waals surface area contributed by atoms with Gasteiger partial charge in [-0.1, -0.05) is 30.3 Å². The number of hydrogen-bond acceptors (Lipinski definition) is 1. The summed E-state index contributed by atoms with van der Waals surface area (Å²) in [6.45, 7) is 2.13. The van der Waals surface area contributed by atoms with E-state index in [1.165, 1.54) is 34.5 Å². The lowest BCUT2D eigenvalue weighted by Crippen LogP contribution is -2.18.